The predicted octanol–water partition coefficient (Wildman–Crippen LogP) is 3.30. The Labute approximate surface area is 109 Å². The molecular weight excluding hydrogens is 286 g/mol. The van der Waals surface area contributed by atoms with Crippen molar-refractivity contribution in [1.82, 2.24) is 4.31 Å². The highest BCUT2D eigenvalue weighted by Gasteiger charge is 2.27. The zero-order valence-electron chi connectivity index (χ0n) is 9.32. The van der Waals surface area contributed by atoms with Crippen LogP contribution >= 0.6 is 27.9 Å². The molecular formula is C12H16BrNOS. The molecule has 1 saturated heterocycles. The fraction of sp³-hybridized carbons (Fsp3) is 0.500. The SMILES string of the molecule is CC1(O)CCN(Sc2ccc(Br)cc2)CC1. The average Bonchev–Trinajstić information content (AvgIpc) is 2.24. The summed E-state index contributed by atoms with van der Waals surface area (Å²) in [5.41, 5.74) is -0.462. The molecule has 0 aliphatic carbocycles. The molecule has 1 heterocycles. The first-order chi connectivity index (χ1) is 7.55. The third-order valence-corrected chi connectivity index (χ3v) is 4.48. The van der Waals surface area contributed by atoms with Gasteiger partial charge in [-0.3, -0.25) is 0 Å². The minimum atomic E-state index is -0.462. The lowest BCUT2D eigenvalue weighted by Crippen LogP contribution is -2.39. The molecule has 1 aliphatic rings. The van der Waals surface area contributed by atoms with Gasteiger partial charge in [-0.05, 0) is 56.0 Å². The Morgan fingerprint density at radius 3 is 2.38 bits per heavy atom. The molecule has 0 unspecified atom stereocenters. The van der Waals surface area contributed by atoms with E-state index in [1.54, 1.807) is 11.9 Å². The Morgan fingerprint density at radius 2 is 1.81 bits per heavy atom. The number of rotatable bonds is 2. The van der Waals surface area contributed by atoms with Crippen LogP contribution in [0.25, 0.3) is 0 Å². The number of halogens is 1. The van der Waals surface area contributed by atoms with Crippen LogP contribution in [0.1, 0.15) is 19.8 Å². The molecule has 88 valence electrons. The smallest absolute Gasteiger partial charge is 0.0644 e. The van der Waals surface area contributed by atoms with Crippen molar-refractivity contribution in [3.8, 4) is 0 Å². The summed E-state index contributed by atoms with van der Waals surface area (Å²) < 4.78 is 3.43. The number of aliphatic hydroxyl groups is 1. The molecule has 0 amide bonds. The third kappa shape index (κ3) is 3.48. The zero-order chi connectivity index (χ0) is 11.6. The van der Waals surface area contributed by atoms with Crippen molar-refractivity contribution >= 4 is 27.9 Å². The monoisotopic (exact) mass is 301 g/mol. The second-order valence-corrected chi connectivity index (χ2v) is 6.56. The van der Waals surface area contributed by atoms with E-state index in [0.29, 0.717) is 0 Å². The van der Waals surface area contributed by atoms with Crippen molar-refractivity contribution in [2.45, 2.75) is 30.3 Å². The van der Waals surface area contributed by atoms with Gasteiger partial charge in [0.15, 0.2) is 0 Å². The molecule has 16 heavy (non-hydrogen) atoms. The van der Waals surface area contributed by atoms with Crippen LogP contribution < -0.4 is 0 Å². The van der Waals surface area contributed by atoms with Crippen LogP contribution in [0.3, 0.4) is 0 Å². The van der Waals surface area contributed by atoms with Gasteiger partial charge in [-0.2, -0.15) is 0 Å². The maximum absolute atomic E-state index is 9.85. The lowest BCUT2D eigenvalue weighted by Gasteiger charge is -2.34. The van der Waals surface area contributed by atoms with E-state index in [9.17, 15) is 5.11 Å². The van der Waals surface area contributed by atoms with Crippen LogP contribution in [-0.2, 0) is 0 Å². The van der Waals surface area contributed by atoms with E-state index in [2.05, 4.69) is 44.5 Å². The largest absolute Gasteiger partial charge is 0.390 e. The Morgan fingerprint density at radius 1 is 1.25 bits per heavy atom. The standard InChI is InChI=1S/C12H16BrNOS/c1-12(15)6-8-14(9-7-12)16-11-4-2-10(13)3-5-11/h2-5,15H,6-9H2,1H3. The van der Waals surface area contributed by atoms with E-state index in [4.69, 9.17) is 0 Å². The van der Waals surface area contributed by atoms with E-state index in [1.165, 1.54) is 4.90 Å². The van der Waals surface area contributed by atoms with Gasteiger partial charge in [0.1, 0.15) is 0 Å². The molecule has 0 radical (unpaired) electrons. The van der Waals surface area contributed by atoms with E-state index in [1.807, 2.05) is 6.92 Å². The van der Waals surface area contributed by atoms with Gasteiger partial charge in [0.05, 0.1) is 5.60 Å². The molecule has 1 aromatic carbocycles. The summed E-state index contributed by atoms with van der Waals surface area (Å²) in [5, 5.41) is 9.85. The minimum Gasteiger partial charge on any atom is -0.390 e. The fourth-order valence-corrected chi connectivity index (χ4v) is 2.89. The summed E-state index contributed by atoms with van der Waals surface area (Å²) >= 11 is 5.20. The Hall–Kier alpha value is -0.0300. The number of hydrogen-bond donors (Lipinski definition) is 1. The molecule has 1 aliphatic heterocycles. The number of hydrogen-bond acceptors (Lipinski definition) is 3. The first-order valence-electron chi connectivity index (χ1n) is 5.46. The first kappa shape index (κ1) is 12.4. The van der Waals surface area contributed by atoms with E-state index < -0.39 is 5.60 Å². The molecule has 1 aromatic rings. The average molecular weight is 302 g/mol. The second kappa shape index (κ2) is 5.08. The van der Waals surface area contributed by atoms with Crippen LogP contribution in [-0.4, -0.2) is 28.1 Å². The molecule has 1 N–H and O–H groups in total. The van der Waals surface area contributed by atoms with E-state index >= 15 is 0 Å². The maximum atomic E-state index is 9.85. The highest BCUT2D eigenvalue weighted by molar-refractivity contribution is 9.10. The summed E-state index contributed by atoms with van der Waals surface area (Å²) in [6.45, 7) is 3.83. The van der Waals surface area contributed by atoms with Crippen LogP contribution in [0.5, 0.6) is 0 Å². The normalized spacial score (nSPS) is 20.9. The first-order valence-corrected chi connectivity index (χ1v) is 7.03. The molecule has 4 heteroatoms. The van der Waals surface area contributed by atoms with Crippen molar-refractivity contribution in [1.29, 1.82) is 0 Å². The predicted molar refractivity (Wildman–Crippen MR) is 71.4 cm³/mol. The van der Waals surface area contributed by atoms with Crippen LogP contribution in [0.2, 0.25) is 0 Å². The summed E-state index contributed by atoms with van der Waals surface area (Å²) in [6, 6.07) is 8.34. The summed E-state index contributed by atoms with van der Waals surface area (Å²) in [6.07, 6.45) is 1.72. The number of piperidine rings is 1. The number of benzene rings is 1. The Kier molecular flexibility index (Phi) is 3.95. The highest BCUT2D eigenvalue weighted by Crippen LogP contribution is 2.30. The lowest BCUT2D eigenvalue weighted by atomic mass is 9.95. The summed E-state index contributed by atoms with van der Waals surface area (Å²) in [7, 11) is 0. The molecule has 0 spiro atoms. The van der Waals surface area contributed by atoms with Crippen molar-refractivity contribution in [3.05, 3.63) is 28.7 Å². The molecule has 2 nitrogen and oxygen atoms in total. The van der Waals surface area contributed by atoms with Crippen LogP contribution in [0, 0.1) is 0 Å². The molecule has 0 saturated carbocycles. The van der Waals surface area contributed by atoms with E-state index in [0.717, 1.165) is 30.4 Å². The van der Waals surface area contributed by atoms with Crippen molar-refractivity contribution < 1.29 is 5.11 Å². The second-order valence-electron chi connectivity index (χ2n) is 4.47. The van der Waals surface area contributed by atoms with Crippen LogP contribution in [0.4, 0.5) is 0 Å². The minimum absolute atomic E-state index is 0.462. The fourth-order valence-electron chi connectivity index (χ4n) is 1.70. The topological polar surface area (TPSA) is 23.5 Å². The molecule has 1 fully saturated rings. The van der Waals surface area contributed by atoms with Gasteiger partial charge in [-0.15, -0.1) is 0 Å². The van der Waals surface area contributed by atoms with Gasteiger partial charge in [0.2, 0.25) is 0 Å². The maximum Gasteiger partial charge on any atom is 0.0644 e. The Balaban J connectivity index is 1.89. The van der Waals surface area contributed by atoms with Gasteiger partial charge in [-0.1, -0.05) is 15.9 Å². The van der Waals surface area contributed by atoms with Crippen molar-refractivity contribution in [2.24, 2.45) is 0 Å². The quantitative estimate of drug-likeness (QED) is 0.848. The third-order valence-electron chi connectivity index (χ3n) is 2.85. The van der Waals surface area contributed by atoms with Crippen molar-refractivity contribution in [2.75, 3.05) is 13.1 Å². The van der Waals surface area contributed by atoms with E-state index in [-0.39, 0.29) is 0 Å². The summed E-state index contributed by atoms with van der Waals surface area (Å²) in [5.74, 6) is 0. The number of nitrogens with zero attached hydrogens (tertiary/aromatic N) is 1. The molecule has 0 atom stereocenters. The van der Waals surface area contributed by atoms with Gasteiger partial charge in [0, 0.05) is 22.5 Å². The molecule has 2 rings (SSSR count). The van der Waals surface area contributed by atoms with Gasteiger partial charge in [0.25, 0.3) is 0 Å². The molecule has 0 aromatic heterocycles. The van der Waals surface area contributed by atoms with Crippen molar-refractivity contribution in [3.63, 3.8) is 0 Å². The molecule has 0 bridgehead atoms. The van der Waals surface area contributed by atoms with Crippen LogP contribution in [0.15, 0.2) is 33.6 Å². The zero-order valence-corrected chi connectivity index (χ0v) is 11.7. The van der Waals surface area contributed by atoms with Gasteiger partial charge >= 0.3 is 0 Å². The Bertz CT molecular complexity index is 343. The van der Waals surface area contributed by atoms with Gasteiger partial charge < -0.3 is 5.11 Å². The lowest BCUT2D eigenvalue weighted by molar-refractivity contribution is 0.0143. The summed E-state index contributed by atoms with van der Waals surface area (Å²) in [4.78, 5) is 1.25. The highest BCUT2D eigenvalue weighted by atomic mass is 79.9. The van der Waals surface area contributed by atoms with Gasteiger partial charge in [-0.25, -0.2) is 4.31 Å².